The monoisotopic (exact) mass is 209 g/mol. The summed E-state index contributed by atoms with van der Waals surface area (Å²) >= 11 is 0. The molecule has 1 rings (SSSR count). The number of hydrogen-bond acceptors (Lipinski definition) is 3. The number of benzene rings is 1. The second kappa shape index (κ2) is 6.03. The summed E-state index contributed by atoms with van der Waals surface area (Å²) in [6, 6.07) is 9.14. The molecule has 1 amide bonds. The minimum atomic E-state index is -0.514. The molecule has 1 aromatic rings. The average Bonchev–Trinajstić information content (AvgIpc) is 2.27. The second-order valence-corrected chi connectivity index (χ2v) is 3.29. The number of alkyl carbamates (subject to hydrolysis) is 1. The van der Waals surface area contributed by atoms with E-state index in [-0.39, 0.29) is 19.3 Å². The van der Waals surface area contributed by atoms with E-state index in [9.17, 15) is 4.79 Å². The van der Waals surface area contributed by atoms with Gasteiger partial charge in [0.1, 0.15) is 6.61 Å². The van der Waals surface area contributed by atoms with Gasteiger partial charge in [0.05, 0.1) is 12.6 Å². The molecule has 0 spiro atoms. The van der Waals surface area contributed by atoms with Crippen molar-refractivity contribution in [2.45, 2.75) is 19.6 Å². The van der Waals surface area contributed by atoms with E-state index in [0.717, 1.165) is 5.56 Å². The van der Waals surface area contributed by atoms with E-state index < -0.39 is 6.09 Å². The first-order valence-electron chi connectivity index (χ1n) is 4.80. The first kappa shape index (κ1) is 11.5. The molecule has 0 fully saturated rings. The summed E-state index contributed by atoms with van der Waals surface area (Å²) in [5, 5.41) is 11.2. The van der Waals surface area contributed by atoms with Crippen molar-refractivity contribution in [2.24, 2.45) is 0 Å². The van der Waals surface area contributed by atoms with Gasteiger partial charge in [-0.25, -0.2) is 4.79 Å². The summed E-state index contributed by atoms with van der Waals surface area (Å²) < 4.78 is 4.94. The Morgan fingerprint density at radius 3 is 2.73 bits per heavy atom. The highest BCUT2D eigenvalue weighted by atomic mass is 16.5. The van der Waals surface area contributed by atoms with Gasteiger partial charge >= 0.3 is 6.09 Å². The van der Waals surface area contributed by atoms with Crippen LogP contribution in [0, 0.1) is 0 Å². The smallest absolute Gasteiger partial charge is 0.407 e. The van der Waals surface area contributed by atoms with Gasteiger partial charge in [-0.05, 0) is 12.5 Å². The van der Waals surface area contributed by atoms with Gasteiger partial charge < -0.3 is 15.2 Å². The third-order valence-electron chi connectivity index (χ3n) is 1.85. The number of rotatable bonds is 4. The van der Waals surface area contributed by atoms with E-state index in [2.05, 4.69) is 5.32 Å². The number of aliphatic hydroxyl groups excluding tert-OH is 1. The molecular weight excluding hydrogens is 194 g/mol. The van der Waals surface area contributed by atoms with Gasteiger partial charge in [-0.2, -0.15) is 0 Å². The van der Waals surface area contributed by atoms with Crippen LogP contribution in [0.3, 0.4) is 0 Å². The molecule has 0 bridgehead atoms. The van der Waals surface area contributed by atoms with E-state index in [4.69, 9.17) is 9.84 Å². The van der Waals surface area contributed by atoms with Gasteiger partial charge in [-0.15, -0.1) is 0 Å². The molecule has 0 radical (unpaired) electrons. The van der Waals surface area contributed by atoms with Gasteiger partial charge in [0.25, 0.3) is 0 Å². The Morgan fingerprint density at radius 1 is 1.47 bits per heavy atom. The Bertz CT molecular complexity index is 300. The highest BCUT2D eigenvalue weighted by Gasteiger charge is 2.06. The second-order valence-electron chi connectivity index (χ2n) is 3.29. The van der Waals surface area contributed by atoms with Gasteiger partial charge in [0.2, 0.25) is 0 Å². The maximum absolute atomic E-state index is 11.1. The molecule has 0 aliphatic heterocycles. The van der Waals surface area contributed by atoms with Crippen LogP contribution < -0.4 is 5.32 Å². The van der Waals surface area contributed by atoms with Crippen LogP contribution in [-0.4, -0.2) is 23.8 Å². The van der Waals surface area contributed by atoms with Gasteiger partial charge in [-0.1, -0.05) is 30.3 Å². The number of aliphatic hydroxyl groups is 1. The summed E-state index contributed by atoms with van der Waals surface area (Å²) in [5.41, 5.74) is 0.935. The van der Waals surface area contributed by atoms with Crippen LogP contribution in [0.1, 0.15) is 12.5 Å². The van der Waals surface area contributed by atoms with E-state index in [0.29, 0.717) is 0 Å². The fourth-order valence-corrected chi connectivity index (χ4v) is 1.01. The van der Waals surface area contributed by atoms with Crippen LogP contribution in [0.25, 0.3) is 0 Å². The Hall–Kier alpha value is -1.55. The Balaban J connectivity index is 2.29. The number of carbonyl (C=O) groups is 1. The molecule has 2 N–H and O–H groups in total. The minimum absolute atomic E-state index is 0.0968. The van der Waals surface area contributed by atoms with Crippen molar-refractivity contribution in [1.29, 1.82) is 0 Å². The summed E-state index contributed by atoms with van der Waals surface area (Å²) in [5.74, 6) is 0. The Morgan fingerprint density at radius 2 is 2.13 bits per heavy atom. The SMILES string of the molecule is CC(CO)NC(=O)OCc1ccccc1. The van der Waals surface area contributed by atoms with Crippen LogP contribution in [0.4, 0.5) is 4.79 Å². The quantitative estimate of drug-likeness (QED) is 0.785. The van der Waals surface area contributed by atoms with E-state index in [1.54, 1.807) is 6.92 Å². The van der Waals surface area contributed by atoms with E-state index >= 15 is 0 Å². The van der Waals surface area contributed by atoms with Crippen molar-refractivity contribution in [1.82, 2.24) is 5.32 Å². The maximum atomic E-state index is 11.1. The number of amides is 1. The molecule has 0 aliphatic rings. The standard InChI is InChI=1S/C11H15NO3/c1-9(7-13)12-11(14)15-8-10-5-3-2-4-6-10/h2-6,9,13H,7-8H2,1H3,(H,12,14). The lowest BCUT2D eigenvalue weighted by Crippen LogP contribution is -2.35. The third kappa shape index (κ3) is 4.46. The molecule has 4 heteroatoms. The number of hydrogen-bond donors (Lipinski definition) is 2. The van der Waals surface area contributed by atoms with Crippen molar-refractivity contribution in [3.63, 3.8) is 0 Å². The van der Waals surface area contributed by atoms with Gasteiger partial charge in [0, 0.05) is 0 Å². The lowest BCUT2D eigenvalue weighted by molar-refractivity contribution is 0.131. The fourth-order valence-electron chi connectivity index (χ4n) is 1.01. The molecule has 1 atom stereocenters. The van der Waals surface area contributed by atoms with Crippen molar-refractivity contribution in [2.75, 3.05) is 6.61 Å². The van der Waals surface area contributed by atoms with Crippen LogP contribution in [0.2, 0.25) is 0 Å². The maximum Gasteiger partial charge on any atom is 0.407 e. The summed E-state index contributed by atoms with van der Waals surface area (Å²) in [6.07, 6.45) is -0.514. The predicted molar refractivity (Wildman–Crippen MR) is 56.3 cm³/mol. The zero-order valence-electron chi connectivity index (χ0n) is 8.64. The van der Waals surface area contributed by atoms with Gasteiger partial charge in [0.15, 0.2) is 0 Å². The fraction of sp³-hybridized carbons (Fsp3) is 0.364. The van der Waals surface area contributed by atoms with Crippen LogP contribution in [0.15, 0.2) is 30.3 Å². The Kier molecular flexibility index (Phi) is 4.63. The van der Waals surface area contributed by atoms with E-state index in [1.165, 1.54) is 0 Å². The first-order valence-corrected chi connectivity index (χ1v) is 4.80. The molecule has 0 heterocycles. The summed E-state index contributed by atoms with van der Waals surface area (Å²) in [4.78, 5) is 11.1. The molecule has 0 aliphatic carbocycles. The predicted octanol–water partition coefficient (Wildman–Crippen LogP) is 1.29. The Labute approximate surface area is 88.9 Å². The molecule has 0 aromatic heterocycles. The molecule has 1 unspecified atom stereocenters. The van der Waals surface area contributed by atoms with Crippen LogP contribution >= 0.6 is 0 Å². The summed E-state index contributed by atoms with van der Waals surface area (Å²) in [7, 11) is 0. The topological polar surface area (TPSA) is 58.6 Å². The van der Waals surface area contributed by atoms with Crippen molar-refractivity contribution in [3.05, 3.63) is 35.9 Å². The van der Waals surface area contributed by atoms with Crippen molar-refractivity contribution < 1.29 is 14.6 Å². The molecule has 15 heavy (non-hydrogen) atoms. The first-order chi connectivity index (χ1) is 7.22. The number of ether oxygens (including phenoxy) is 1. The highest BCUT2D eigenvalue weighted by Crippen LogP contribution is 2.00. The van der Waals surface area contributed by atoms with Crippen LogP contribution in [-0.2, 0) is 11.3 Å². The molecule has 0 saturated heterocycles. The number of nitrogens with one attached hydrogen (secondary N) is 1. The highest BCUT2D eigenvalue weighted by molar-refractivity contribution is 5.67. The minimum Gasteiger partial charge on any atom is -0.445 e. The molecule has 0 saturated carbocycles. The lowest BCUT2D eigenvalue weighted by Gasteiger charge is -2.10. The lowest BCUT2D eigenvalue weighted by atomic mass is 10.2. The molecular formula is C11H15NO3. The molecule has 1 aromatic carbocycles. The molecule has 4 nitrogen and oxygen atoms in total. The number of carbonyl (C=O) groups excluding carboxylic acids is 1. The zero-order valence-corrected chi connectivity index (χ0v) is 8.64. The summed E-state index contributed by atoms with van der Waals surface area (Å²) in [6.45, 7) is 1.84. The van der Waals surface area contributed by atoms with Gasteiger partial charge in [-0.3, -0.25) is 0 Å². The normalized spacial score (nSPS) is 11.9. The van der Waals surface area contributed by atoms with Crippen molar-refractivity contribution in [3.8, 4) is 0 Å². The average molecular weight is 209 g/mol. The molecule has 82 valence electrons. The van der Waals surface area contributed by atoms with Crippen LogP contribution in [0.5, 0.6) is 0 Å². The third-order valence-corrected chi connectivity index (χ3v) is 1.85. The van der Waals surface area contributed by atoms with Crippen molar-refractivity contribution >= 4 is 6.09 Å². The largest absolute Gasteiger partial charge is 0.445 e. The zero-order chi connectivity index (χ0) is 11.1. The van der Waals surface area contributed by atoms with E-state index in [1.807, 2.05) is 30.3 Å².